The molecule has 0 radical (unpaired) electrons. The minimum absolute atomic E-state index is 0.0204. The average molecular weight is 438 g/mol. The Labute approximate surface area is 189 Å². The summed E-state index contributed by atoms with van der Waals surface area (Å²) in [6.45, 7) is 3.20. The van der Waals surface area contributed by atoms with Gasteiger partial charge >= 0.3 is 6.09 Å². The molecule has 2 aromatic rings. The Balaban J connectivity index is 1.29. The van der Waals surface area contributed by atoms with Crippen molar-refractivity contribution in [1.82, 2.24) is 10.2 Å². The minimum Gasteiger partial charge on any atom is -0.445 e. The lowest BCUT2D eigenvalue weighted by atomic mass is 9.86. The van der Waals surface area contributed by atoms with E-state index < -0.39 is 0 Å². The number of hydrogen-bond donors (Lipinski definition) is 1. The van der Waals surface area contributed by atoms with Gasteiger partial charge < -0.3 is 15.0 Å². The molecule has 1 unspecified atom stereocenters. The molecule has 1 amide bonds. The third-order valence-electron chi connectivity index (χ3n) is 6.90. The lowest BCUT2D eigenvalue weighted by molar-refractivity contribution is -0.0339. The van der Waals surface area contributed by atoms with E-state index in [0.29, 0.717) is 5.92 Å². The number of amides is 1. The maximum absolute atomic E-state index is 12.7. The summed E-state index contributed by atoms with van der Waals surface area (Å²) in [7, 11) is 4.12. The average Bonchev–Trinajstić information content (AvgIpc) is 2.80. The van der Waals surface area contributed by atoms with Crippen molar-refractivity contribution in [3.8, 4) is 11.1 Å². The Hall–Kier alpha value is -2.18. The number of hydrogen-bond acceptors (Lipinski definition) is 5. The summed E-state index contributed by atoms with van der Waals surface area (Å²) >= 11 is 1.88. The molecule has 164 valence electrons. The van der Waals surface area contributed by atoms with Gasteiger partial charge in [-0.15, -0.1) is 11.8 Å². The first-order chi connectivity index (χ1) is 15.1. The van der Waals surface area contributed by atoms with Gasteiger partial charge in [0.25, 0.3) is 0 Å². The second kappa shape index (κ2) is 8.75. The molecule has 5 nitrogen and oxygen atoms in total. The first-order valence-electron chi connectivity index (χ1n) is 11.3. The van der Waals surface area contributed by atoms with Crippen LogP contribution >= 0.6 is 11.8 Å². The van der Waals surface area contributed by atoms with Gasteiger partial charge in [-0.05, 0) is 73.2 Å². The lowest BCUT2D eigenvalue weighted by Crippen LogP contribution is -2.52. The van der Waals surface area contributed by atoms with Crippen LogP contribution in [0.2, 0.25) is 0 Å². The van der Waals surface area contributed by atoms with E-state index in [4.69, 9.17) is 4.74 Å². The van der Waals surface area contributed by atoms with Gasteiger partial charge in [0.2, 0.25) is 0 Å². The fourth-order valence-corrected chi connectivity index (χ4v) is 6.20. The van der Waals surface area contributed by atoms with Gasteiger partial charge in [0.15, 0.2) is 0 Å². The zero-order valence-corrected chi connectivity index (χ0v) is 19.2. The molecule has 6 rings (SSSR count). The van der Waals surface area contributed by atoms with Crippen molar-refractivity contribution in [2.75, 3.05) is 44.4 Å². The number of anilines is 1. The monoisotopic (exact) mass is 437 g/mol. The molecular weight excluding hydrogens is 406 g/mol. The molecule has 0 aromatic heterocycles. The van der Waals surface area contributed by atoms with Gasteiger partial charge in [0.1, 0.15) is 6.10 Å². The first-order valence-corrected chi connectivity index (χ1v) is 12.3. The Morgan fingerprint density at radius 3 is 2.65 bits per heavy atom. The molecule has 3 fully saturated rings. The molecule has 0 spiro atoms. The molecule has 3 saturated heterocycles. The molecule has 6 heteroatoms. The molecule has 2 aromatic carbocycles. The Kier molecular flexibility index (Phi) is 5.85. The molecule has 0 saturated carbocycles. The SMILES string of the molecule is CN(C)c1cccc(-c2ccc3c(c2)SCCC3NC(=O)O[C@@H]2CN3CCC2CC3)c1. The third-order valence-corrected chi connectivity index (χ3v) is 8.00. The number of benzene rings is 2. The highest BCUT2D eigenvalue weighted by molar-refractivity contribution is 7.99. The third kappa shape index (κ3) is 4.41. The molecule has 2 bridgehead atoms. The Bertz CT molecular complexity index is 956. The maximum atomic E-state index is 12.7. The zero-order valence-electron chi connectivity index (χ0n) is 18.3. The van der Waals surface area contributed by atoms with Crippen molar-refractivity contribution in [3.63, 3.8) is 0 Å². The summed E-state index contributed by atoms with van der Waals surface area (Å²) in [5.74, 6) is 1.53. The van der Waals surface area contributed by atoms with E-state index in [9.17, 15) is 4.79 Å². The molecule has 2 atom stereocenters. The van der Waals surface area contributed by atoms with Crippen molar-refractivity contribution in [2.45, 2.75) is 36.3 Å². The van der Waals surface area contributed by atoms with Gasteiger partial charge in [0, 0.05) is 37.0 Å². The Morgan fingerprint density at radius 1 is 1.10 bits per heavy atom. The van der Waals surface area contributed by atoms with Crippen LogP contribution < -0.4 is 10.2 Å². The molecular formula is C25H31N3O2S. The van der Waals surface area contributed by atoms with Gasteiger partial charge in [-0.3, -0.25) is 4.90 Å². The highest BCUT2D eigenvalue weighted by atomic mass is 32.2. The summed E-state index contributed by atoms with van der Waals surface area (Å²) in [5.41, 5.74) is 4.82. The van der Waals surface area contributed by atoms with Gasteiger partial charge in [-0.2, -0.15) is 0 Å². The molecule has 1 N–H and O–H groups in total. The number of piperidine rings is 3. The van der Waals surface area contributed by atoms with E-state index in [0.717, 1.165) is 44.6 Å². The van der Waals surface area contributed by atoms with Crippen molar-refractivity contribution in [2.24, 2.45) is 5.92 Å². The normalized spacial score (nSPS) is 26.8. The van der Waals surface area contributed by atoms with E-state index in [-0.39, 0.29) is 18.2 Å². The number of rotatable bonds is 4. The highest BCUT2D eigenvalue weighted by Gasteiger charge is 2.37. The topological polar surface area (TPSA) is 44.8 Å². The number of alkyl carbamates (subject to hydrolysis) is 1. The van der Waals surface area contributed by atoms with Crippen LogP contribution in [0.5, 0.6) is 0 Å². The maximum Gasteiger partial charge on any atom is 0.407 e. The quantitative estimate of drug-likeness (QED) is 0.746. The second-order valence-corrected chi connectivity index (χ2v) is 10.2. The fraction of sp³-hybridized carbons (Fsp3) is 0.480. The predicted molar refractivity (Wildman–Crippen MR) is 127 cm³/mol. The molecule has 0 aliphatic carbocycles. The van der Waals surface area contributed by atoms with E-state index in [1.165, 1.54) is 27.3 Å². The van der Waals surface area contributed by atoms with Crippen molar-refractivity contribution in [1.29, 1.82) is 0 Å². The molecule has 4 aliphatic heterocycles. The number of carbonyl (C=O) groups excluding carboxylic acids is 1. The largest absolute Gasteiger partial charge is 0.445 e. The Morgan fingerprint density at radius 2 is 1.90 bits per heavy atom. The predicted octanol–water partition coefficient (Wildman–Crippen LogP) is 4.78. The fourth-order valence-electron chi connectivity index (χ4n) is 5.04. The molecule has 4 aliphatic rings. The van der Waals surface area contributed by atoms with Crippen molar-refractivity contribution >= 4 is 23.5 Å². The van der Waals surface area contributed by atoms with Crippen molar-refractivity contribution < 1.29 is 9.53 Å². The zero-order chi connectivity index (χ0) is 21.4. The lowest BCUT2D eigenvalue weighted by Gasteiger charge is -2.44. The van der Waals surface area contributed by atoms with Crippen LogP contribution in [0.25, 0.3) is 11.1 Å². The summed E-state index contributed by atoms with van der Waals surface area (Å²) in [5, 5.41) is 3.17. The summed E-state index contributed by atoms with van der Waals surface area (Å²) in [6.07, 6.45) is 3.02. The van der Waals surface area contributed by atoms with Crippen molar-refractivity contribution in [3.05, 3.63) is 48.0 Å². The highest BCUT2D eigenvalue weighted by Crippen LogP contribution is 2.39. The summed E-state index contributed by atoms with van der Waals surface area (Å²) in [6, 6.07) is 15.2. The van der Waals surface area contributed by atoms with Crippen LogP contribution in [-0.4, -0.2) is 56.6 Å². The van der Waals surface area contributed by atoms with Gasteiger partial charge in [-0.1, -0.05) is 24.3 Å². The molecule has 31 heavy (non-hydrogen) atoms. The smallest absolute Gasteiger partial charge is 0.407 e. The molecule has 4 heterocycles. The van der Waals surface area contributed by atoms with Crippen LogP contribution in [0.15, 0.2) is 47.4 Å². The van der Waals surface area contributed by atoms with Crippen LogP contribution in [0.4, 0.5) is 10.5 Å². The van der Waals surface area contributed by atoms with E-state index >= 15 is 0 Å². The number of ether oxygens (including phenoxy) is 1. The number of nitrogens with one attached hydrogen (secondary N) is 1. The van der Waals surface area contributed by atoms with Crippen LogP contribution in [0.3, 0.4) is 0 Å². The number of fused-ring (bicyclic) bond motifs is 4. The minimum atomic E-state index is -0.260. The van der Waals surface area contributed by atoms with Crippen LogP contribution in [-0.2, 0) is 4.74 Å². The number of thioether (sulfide) groups is 1. The summed E-state index contributed by atoms with van der Waals surface area (Å²) < 4.78 is 5.87. The number of carbonyl (C=O) groups is 1. The summed E-state index contributed by atoms with van der Waals surface area (Å²) in [4.78, 5) is 18.5. The van der Waals surface area contributed by atoms with Gasteiger partial charge in [0.05, 0.1) is 6.04 Å². The van der Waals surface area contributed by atoms with E-state index in [1.54, 1.807) is 0 Å². The number of nitrogens with zero attached hydrogens (tertiary/aromatic N) is 2. The van der Waals surface area contributed by atoms with E-state index in [2.05, 4.69) is 71.7 Å². The first kappa shape index (κ1) is 20.7. The standard InChI is InChI=1S/C25H31N3O2S/c1-27(2)20-5-3-4-18(14-20)19-6-7-21-22(10-13-31-24(21)15-19)26-25(29)30-23-16-28-11-8-17(23)9-12-28/h3-7,14-15,17,22-23H,8-13,16H2,1-2H3,(H,26,29)/t22?,23-/m1/s1. The second-order valence-electron chi connectivity index (χ2n) is 9.11. The van der Waals surface area contributed by atoms with Crippen LogP contribution in [0, 0.1) is 5.92 Å². The van der Waals surface area contributed by atoms with E-state index in [1.807, 2.05) is 11.8 Å². The van der Waals surface area contributed by atoms with Gasteiger partial charge in [-0.25, -0.2) is 4.79 Å². The van der Waals surface area contributed by atoms with Crippen LogP contribution in [0.1, 0.15) is 30.9 Å².